The van der Waals surface area contributed by atoms with Crippen LogP contribution in [0, 0.1) is 0 Å². The molecule has 2 aliphatic heterocycles. The van der Waals surface area contributed by atoms with Crippen LogP contribution < -0.4 is 0 Å². The molecule has 152 valence electrons. The van der Waals surface area contributed by atoms with Gasteiger partial charge in [0, 0.05) is 56.4 Å². The number of rotatable bonds is 3. The SMILES string of the molecule is CC(=O)N1CCN(C(=O)c2cccc(CC3=NCC(=O)C4=C3CCCC4)c2)CC1. The fraction of sp³-hybridized carbons (Fsp3) is 0.478. The van der Waals surface area contributed by atoms with E-state index in [9.17, 15) is 14.4 Å². The standard InChI is InChI=1S/C23H27N3O3/c1-16(27)25-9-11-26(12-10-25)23(29)18-6-4-5-17(13-18)14-21-19-7-2-3-8-20(19)22(28)15-24-21/h4-6,13H,2-3,7-12,14-15H2,1H3. The molecule has 3 aliphatic rings. The Hall–Kier alpha value is -2.76. The second-order valence-corrected chi connectivity index (χ2v) is 8.03. The quantitative estimate of drug-likeness (QED) is 0.792. The Kier molecular flexibility index (Phi) is 5.60. The zero-order valence-corrected chi connectivity index (χ0v) is 16.9. The van der Waals surface area contributed by atoms with Crippen LogP contribution in [0.3, 0.4) is 0 Å². The molecule has 29 heavy (non-hydrogen) atoms. The Morgan fingerprint density at radius 2 is 1.69 bits per heavy atom. The number of carbonyl (C=O) groups excluding carboxylic acids is 3. The van der Waals surface area contributed by atoms with Crippen LogP contribution in [-0.4, -0.2) is 65.8 Å². The average Bonchev–Trinajstić information content (AvgIpc) is 2.76. The highest BCUT2D eigenvalue weighted by atomic mass is 16.2. The summed E-state index contributed by atoms with van der Waals surface area (Å²) in [4.78, 5) is 44.7. The molecule has 1 aromatic carbocycles. The summed E-state index contributed by atoms with van der Waals surface area (Å²) < 4.78 is 0. The molecule has 0 atom stereocenters. The number of carbonyl (C=O) groups is 3. The molecule has 4 rings (SSSR count). The molecule has 6 nitrogen and oxygen atoms in total. The molecule has 0 bridgehead atoms. The lowest BCUT2D eigenvalue weighted by Crippen LogP contribution is -2.50. The predicted molar refractivity (Wildman–Crippen MR) is 111 cm³/mol. The number of piperazine rings is 1. The minimum Gasteiger partial charge on any atom is -0.339 e. The molecular formula is C23H27N3O3. The van der Waals surface area contributed by atoms with E-state index in [1.54, 1.807) is 11.8 Å². The molecule has 0 spiro atoms. The number of amides is 2. The molecule has 0 N–H and O–H groups in total. The summed E-state index contributed by atoms with van der Waals surface area (Å²) in [6.45, 7) is 4.12. The highest BCUT2D eigenvalue weighted by Gasteiger charge is 2.26. The lowest BCUT2D eigenvalue weighted by atomic mass is 9.83. The van der Waals surface area contributed by atoms with Crippen molar-refractivity contribution in [3.8, 4) is 0 Å². The van der Waals surface area contributed by atoms with Gasteiger partial charge in [-0.3, -0.25) is 19.4 Å². The topological polar surface area (TPSA) is 70.1 Å². The lowest BCUT2D eigenvalue weighted by molar-refractivity contribution is -0.130. The van der Waals surface area contributed by atoms with Crippen LogP contribution in [0.15, 0.2) is 40.4 Å². The molecule has 0 aromatic heterocycles. The van der Waals surface area contributed by atoms with E-state index in [0.29, 0.717) is 38.2 Å². The van der Waals surface area contributed by atoms with Gasteiger partial charge in [-0.25, -0.2) is 0 Å². The molecule has 2 heterocycles. The second kappa shape index (κ2) is 8.31. The van der Waals surface area contributed by atoms with Gasteiger partial charge < -0.3 is 9.80 Å². The summed E-state index contributed by atoms with van der Waals surface area (Å²) in [5.74, 6) is 0.243. The Labute approximate surface area is 171 Å². The maximum absolute atomic E-state index is 12.9. The van der Waals surface area contributed by atoms with Gasteiger partial charge >= 0.3 is 0 Å². The Morgan fingerprint density at radius 3 is 2.41 bits per heavy atom. The van der Waals surface area contributed by atoms with Crippen LogP contribution in [0.1, 0.15) is 48.5 Å². The van der Waals surface area contributed by atoms with Crippen molar-refractivity contribution in [3.05, 3.63) is 46.5 Å². The van der Waals surface area contributed by atoms with E-state index in [1.165, 1.54) is 0 Å². The van der Waals surface area contributed by atoms with Crippen LogP contribution in [-0.2, 0) is 16.0 Å². The van der Waals surface area contributed by atoms with Crippen LogP contribution >= 0.6 is 0 Å². The zero-order chi connectivity index (χ0) is 20.4. The van der Waals surface area contributed by atoms with E-state index in [2.05, 4.69) is 4.99 Å². The summed E-state index contributed by atoms with van der Waals surface area (Å²) >= 11 is 0. The van der Waals surface area contributed by atoms with Crippen molar-refractivity contribution in [1.82, 2.24) is 9.80 Å². The van der Waals surface area contributed by atoms with E-state index in [4.69, 9.17) is 0 Å². The van der Waals surface area contributed by atoms with Gasteiger partial charge in [0.25, 0.3) is 5.91 Å². The Bertz CT molecular complexity index is 908. The van der Waals surface area contributed by atoms with E-state index in [1.807, 2.05) is 29.2 Å². The van der Waals surface area contributed by atoms with Crippen molar-refractivity contribution in [1.29, 1.82) is 0 Å². The first-order valence-electron chi connectivity index (χ1n) is 10.5. The van der Waals surface area contributed by atoms with Crippen molar-refractivity contribution in [2.24, 2.45) is 4.99 Å². The van der Waals surface area contributed by atoms with E-state index in [-0.39, 0.29) is 24.1 Å². The van der Waals surface area contributed by atoms with Gasteiger partial charge in [0.15, 0.2) is 5.78 Å². The van der Waals surface area contributed by atoms with Gasteiger partial charge in [-0.1, -0.05) is 12.1 Å². The summed E-state index contributed by atoms with van der Waals surface area (Å²) in [6, 6.07) is 7.73. The highest BCUT2D eigenvalue weighted by Crippen LogP contribution is 2.30. The summed E-state index contributed by atoms with van der Waals surface area (Å²) in [6.07, 6.45) is 4.65. The number of allylic oxidation sites excluding steroid dienone is 1. The minimum absolute atomic E-state index is 0.00776. The van der Waals surface area contributed by atoms with Crippen LogP contribution in [0.2, 0.25) is 0 Å². The van der Waals surface area contributed by atoms with Gasteiger partial charge in [0.1, 0.15) is 6.54 Å². The molecular weight excluding hydrogens is 366 g/mol. The fourth-order valence-electron chi connectivity index (χ4n) is 4.47. The first kappa shape index (κ1) is 19.6. The first-order chi connectivity index (χ1) is 14.0. The normalized spacial score (nSPS) is 19.8. The number of dihydropyridines is 1. The summed E-state index contributed by atoms with van der Waals surface area (Å²) in [5.41, 5.74) is 4.85. The number of nitrogens with zero attached hydrogens (tertiary/aromatic N) is 3. The molecule has 1 aromatic rings. The molecule has 0 unspecified atom stereocenters. The molecule has 1 aliphatic carbocycles. The summed E-state index contributed by atoms with van der Waals surface area (Å²) in [7, 11) is 0. The monoisotopic (exact) mass is 393 g/mol. The number of benzene rings is 1. The molecule has 6 heteroatoms. The predicted octanol–water partition coefficient (Wildman–Crippen LogP) is 2.43. The van der Waals surface area contributed by atoms with Crippen molar-refractivity contribution in [3.63, 3.8) is 0 Å². The molecule has 0 saturated carbocycles. The van der Waals surface area contributed by atoms with Crippen molar-refractivity contribution in [2.75, 3.05) is 32.7 Å². The molecule has 2 amide bonds. The van der Waals surface area contributed by atoms with Crippen LogP contribution in [0.5, 0.6) is 0 Å². The van der Waals surface area contributed by atoms with Gasteiger partial charge in [-0.2, -0.15) is 0 Å². The third-order valence-electron chi connectivity index (χ3n) is 6.12. The first-order valence-corrected chi connectivity index (χ1v) is 10.5. The third-order valence-corrected chi connectivity index (χ3v) is 6.12. The molecule has 1 saturated heterocycles. The summed E-state index contributed by atoms with van der Waals surface area (Å²) in [5, 5.41) is 0. The number of Topliss-reactive ketones (excluding diaryl/α,β-unsaturated/α-hetero) is 1. The van der Waals surface area contributed by atoms with Gasteiger partial charge in [-0.15, -0.1) is 0 Å². The minimum atomic E-state index is 0.00776. The van der Waals surface area contributed by atoms with Gasteiger partial charge in [0.05, 0.1) is 0 Å². The number of aliphatic imine (C=N–C) groups is 1. The number of hydrogen-bond donors (Lipinski definition) is 0. The Morgan fingerprint density at radius 1 is 1.00 bits per heavy atom. The van der Waals surface area contributed by atoms with Crippen molar-refractivity contribution in [2.45, 2.75) is 39.0 Å². The maximum atomic E-state index is 12.9. The van der Waals surface area contributed by atoms with Crippen molar-refractivity contribution >= 4 is 23.3 Å². The average molecular weight is 393 g/mol. The van der Waals surface area contributed by atoms with E-state index in [0.717, 1.165) is 48.1 Å². The largest absolute Gasteiger partial charge is 0.339 e. The highest BCUT2D eigenvalue weighted by molar-refractivity contribution is 6.14. The fourth-order valence-corrected chi connectivity index (χ4v) is 4.47. The number of ketones is 1. The van der Waals surface area contributed by atoms with Gasteiger partial charge in [-0.05, 0) is 49.0 Å². The van der Waals surface area contributed by atoms with E-state index >= 15 is 0 Å². The lowest BCUT2D eigenvalue weighted by Gasteiger charge is -2.34. The molecule has 1 fully saturated rings. The number of hydrogen-bond acceptors (Lipinski definition) is 4. The zero-order valence-electron chi connectivity index (χ0n) is 16.9. The van der Waals surface area contributed by atoms with E-state index < -0.39 is 0 Å². The maximum Gasteiger partial charge on any atom is 0.253 e. The smallest absolute Gasteiger partial charge is 0.253 e. The van der Waals surface area contributed by atoms with Gasteiger partial charge in [0.2, 0.25) is 5.91 Å². The van der Waals surface area contributed by atoms with Crippen molar-refractivity contribution < 1.29 is 14.4 Å². The third kappa shape index (κ3) is 4.16. The molecule has 0 radical (unpaired) electrons. The second-order valence-electron chi connectivity index (χ2n) is 8.03. The van der Waals surface area contributed by atoms with Crippen LogP contribution in [0.4, 0.5) is 0 Å². The van der Waals surface area contributed by atoms with Crippen LogP contribution in [0.25, 0.3) is 0 Å². The Balaban J connectivity index is 1.47.